The summed E-state index contributed by atoms with van der Waals surface area (Å²) in [6.07, 6.45) is 0.663. The van der Waals surface area contributed by atoms with Gasteiger partial charge in [-0.25, -0.2) is 0 Å². The number of nitrogens with two attached hydrogens (primary N) is 1. The summed E-state index contributed by atoms with van der Waals surface area (Å²) in [5, 5.41) is 1.91. The first-order valence-electron chi connectivity index (χ1n) is 7.47. The number of amides is 1. The molecular formula is C14H26F3N3O. The van der Waals surface area contributed by atoms with Crippen LogP contribution in [-0.2, 0) is 4.79 Å². The summed E-state index contributed by atoms with van der Waals surface area (Å²) in [7, 11) is 1.77. The van der Waals surface area contributed by atoms with E-state index < -0.39 is 18.6 Å². The molecule has 0 unspecified atom stereocenters. The molecule has 124 valence electrons. The molecule has 0 aromatic rings. The summed E-state index contributed by atoms with van der Waals surface area (Å²) in [5.41, 5.74) is 5.63. The number of carbonyl (C=O) groups is 1. The third-order valence-corrected chi connectivity index (χ3v) is 4.67. The summed E-state index contributed by atoms with van der Waals surface area (Å²) in [6.45, 7) is 1.25. The van der Waals surface area contributed by atoms with Gasteiger partial charge in [0.15, 0.2) is 0 Å². The molecule has 0 aromatic heterocycles. The van der Waals surface area contributed by atoms with E-state index in [4.69, 9.17) is 5.73 Å². The van der Waals surface area contributed by atoms with Crippen molar-refractivity contribution < 1.29 is 18.0 Å². The van der Waals surface area contributed by atoms with Crippen molar-refractivity contribution in [1.29, 1.82) is 0 Å². The first-order valence-corrected chi connectivity index (χ1v) is 7.47. The van der Waals surface area contributed by atoms with E-state index in [0.29, 0.717) is 12.5 Å². The average molecular weight is 309 g/mol. The highest BCUT2D eigenvalue weighted by molar-refractivity contribution is 5.78. The molecule has 0 radical (unpaired) electrons. The van der Waals surface area contributed by atoms with Gasteiger partial charge in [0.05, 0.1) is 6.54 Å². The second-order valence-electron chi connectivity index (χ2n) is 6.03. The van der Waals surface area contributed by atoms with Crippen LogP contribution in [0.5, 0.6) is 0 Å². The lowest BCUT2D eigenvalue weighted by Crippen LogP contribution is -2.56. The average Bonchev–Trinajstić information content (AvgIpc) is 2.44. The van der Waals surface area contributed by atoms with Crippen molar-refractivity contribution in [3.05, 3.63) is 0 Å². The normalized spacial score (nSPS) is 26.9. The fourth-order valence-corrected chi connectivity index (χ4v) is 3.00. The zero-order valence-corrected chi connectivity index (χ0v) is 12.8. The quantitative estimate of drug-likeness (QED) is 0.788. The van der Waals surface area contributed by atoms with E-state index in [1.807, 2.05) is 10.2 Å². The van der Waals surface area contributed by atoms with Crippen LogP contribution in [0.1, 0.15) is 39.0 Å². The molecule has 21 heavy (non-hydrogen) atoms. The minimum absolute atomic E-state index is 0.0515. The van der Waals surface area contributed by atoms with Crippen molar-refractivity contribution >= 4 is 5.91 Å². The molecule has 4 nitrogen and oxygen atoms in total. The maximum Gasteiger partial charge on any atom is 0.405 e. The zero-order chi connectivity index (χ0) is 16.1. The highest BCUT2D eigenvalue weighted by Gasteiger charge is 2.38. The van der Waals surface area contributed by atoms with Crippen LogP contribution in [0, 0.1) is 5.92 Å². The Balaban J connectivity index is 2.52. The number of hydrogen-bond donors (Lipinski definition) is 2. The lowest BCUT2D eigenvalue weighted by Gasteiger charge is -2.45. The number of nitrogens with zero attached hydrogens (tertiary/aromatic N) is 1. The van der Waals surface area contributed by atoms with Gasteiger partial charge >= 0.3 is 6.18 Å². The highest BCUT2D eigenvalue weighted by Crippen LogP contribution is 2.36. The van der Waals surface area contributed by atoms with Crippen LogP contribution in [0.4, 0.5) is 13.2 Å². The van der Waals surface area contributed by atoms with Gasteiger partial charge in [0.25, 0.3) is 0 Å². The third kappa shape index (κ3) is 5.47. The predicted molar refractivity (Wildman–Crippen MR) is 75.7 cm³/mol. The largest absolute Gasteiger partial charge is 0.405 e. The Morgan fingerprint density at radius 3 is 2.38 bits per heavy atom. The molecule has 1 rings (SSSR count). The Bertz CT molecular complexity index is 339. The molecule has 7 heteroatoms. The number of alkyl halides is 3. The van der Waals surface area contributed by atoms with E-state index in [9.17, 15) is 18.0 Å². The number of carbonyl (C=O) groups excluding carboxylic acids is 1. The molecule has 1 aliphatic carbocycles. The molecule has 1 aliphatic rings. The van der Waals surface area contributed by atoms with Gasteiger partial charge in [-0.15, -0.1) is 0 Å². The van der Waals surface area contributed by atoms with E-state index in [2.05, 4.69) is 6.92 Å². The Morgan fingerprint density at radius 2 is 1.95 bits per heavy atom. The fraction of sp³-hybridized carbons (Fsp3) is 0.929. The van der Waals surface area contributed by atoms with Crippen molar-refractivity contribution in [2.75, 3.05) is 26.7 Å². The minimum Gasteiger partial charge on any atom is -0.346 e. The number of likely N-dealkylation sites (N-methyl/N-ethyl adjacent to an activating group) is 1. The Kier molecular flexibility index (Phi) is 6.46. The van der Waals surface area contributed by atoms with Gasteiger partial charge < -0.3 is 11.1 Å². The van der Waals surface area contributed by atoms with E-state index >= 15 is 0 Å². The Labute approximate surface area is 124 Å². The van der Waals surface area contributed by atoms with Crippen LogP contribution in [0.3, 0.4) is 0 Å². The molecule has 0 saturated heterocycles. The molecule has 0 aromatic carbocycles. The maximum absolute atomic E-state index is 12.1. The van der Waals surface area contributed by atoms with Crippen molar-refractivity contribution in [1.82, 2.24) is 10.2 Å². The molecule has 0 atom stereocenters. The first kappa shape index (κ1) is 18.2. The Morgan fingerprint density at radius 1 is 1.38 bits per heavy atom. The second-order valence-corrected chi connectivity index (χ2v) is 6.03. The van der Waals surface area contributed by atoms with E-state index in [1.165, 1.54) is 0 Å². The van der Waals surface area contributed by atoms with Crippen molar-refractivity contribution in [2.24, 2.45) is 11.7 Å². The van der Waals surface area contributed by atoms with E-state index in [-0.39, 0.29) is 12.1 Å². The van der Waals surface area contributed by atoms with Gasteiger partial charge in [0, 0.05) is 12.1 Å². The SMILES string of the molecule is CCC1CCC(CN)(N(C)CC(=O)NCC(F)(F)F)CC1. The maximum atomic E-state index is 12.1. The van der Waals surface area contributed by atoms with Gasteiger partial charge in [0.1, 0.15) is 6.54 Å². The van der Waals surface area contributed by atoms with E-state index in [0.717, 1.165) is 32.1 Å². The molecule has 1 saturated carbocycles. The summed E-state index contributed by atoms with van der Waals surface area (Å²) in [5.74, 6) is 0.0809. The van der Waals surface area contributed by atoms with Crippen LogP contribution in [0.15, 0.2) is 0 Å². The van der Waals surface area contributed by atoms with E-state index in [1.54, 1.807) is 7.05 Å². The molecule has 3 N–H and O–H groups in total. The van der Waals surface area contributed by atoms with Gasteiger partial charge in [-0.3, -0.25) is 9.69 Å². The summed E-state index contributed by atoms with van der Waals surface area (Å²) in [6, 6.07) is 0. The highest BCUT2D eigenvalue weighted by atomic mass is 19.4. The number of hydrogen-bond acceptors (Lipinski definition) is 3. The van der Waals surface area contributed by atoms with Crippen LogP contribution in [0.25, 0.3) is 0 Å². The summed E-state index contributed by atoms with van der Waals surface area (Å²) in [4.78, 5) is 13.5. The van der Waals surface area contributed by atoms with Crippen molar-refractivity contribution in [3.8, 4) is 0 Å². The predicted octanol–water partition coefficient (Wildman–Crippen LogP) is 1.89. The number of rotatable bonds is 6. The summed E-state index contributed by atoms with van der Waals surface area (Å²) < 4.78 is 36.2. The molecule has 0 aliphatic heterocycles. The van der Waals surface area contributed by atoms with Crippen molar-refractivity contribution in [3.63, 3.8) is 0 Å². The second kappa shape index (κ2) is 7.45. The molecule has 0 spiro atoms. The van der Waals surface area contributed by atoms with Gasteiger partial charge in [-0.2, -0.15) is 13.2 Å². The standard InChI is InChI=1S/C14H26F3N3O/c1-3-11-4-6-13(9-18,7-5-11)20(2)8-12(21)19-10-14(15,16)17/h11H,3-10,18H2,1-2H3,(H,19,21). The van der Waals surface area contributed by atoms with Crippen LogP contribution in [0.2, 0.25) is 0 Å². The number of nitrogens with one attached hydrogen (secondary N) is 1. The lowest BCUT2D eigenvalue weighted by molar-refractivity contribution is -0.139. The third-order valence-electron chi connectivity index (χ3n) is 4.67. The Hall–Kier alpha value is -0.820. The molecule has 0 heterocycles. The molecular weight excluding hydrogens is 283 g/mol. The van der Waals surface area contributed by atoms with Gasteiger partial charge in [-0.05, 0) is 38.6 Å². The summed E-state index contributed by atoms with van der Waals surface area (Å²) >= 11 is 0. The van der Waals surface area contributed by atoms with Crippen molar-refractivity contribution in [2.45, 2.75) is 50.7 Å². The molecule has 0 bridgehead atoms. The molecule has 1 amide bonds. The zero-order valence-electron chi connectivity index (χ0n) is 12.8. The van der Waals surface area contributed by atoms with Crippen LogP contribution >= 0.6 is 0 Å². The molecule has 1 fully saturated rings. The topological polar surface area (TPSA) is 58.4 Å². The fourth-order valence-electron chi connectivity index (χ4n) is 3.00. The minimum atomic E-state index is -4.38. The smallest absolute Gasteiger partial charge is 0.346 e. The van der Waals surface area contributed by atoms with Gasteiger partial charge in [0.2, 0.25) is 5.91 Å². The monoisotopic (exact) mass is 309 g/mol. The lowest BCUT2D eigenvalue weighted by atomic mass is 9.74. The number of halogens is 3. The first-order chi connectivity index (χ1) is 9.72. The van der Waals surface area contributed by atoms with Gasteiger partial charge in [-0.1, -0.05) is 13.3 Å². The van der Waals surface area contributed by atoms with Crippen LogP contribution in [-0.4, -0.2) is 49.2 Å². The van der Waals surface area contributed by atoms with Crippen LogP contribution < -0.4 is 11.1 Å².